The van der Waals surface area contributed by atoms with Gasteiger partial charge in [0.1, 0.15) is 11.8 Å². The summed E-state index contributed by atoms with van der Waals surface area (Å²) in [4.78, 5) is 11.8. The van der Waals surface area contributed by atoms with E-state index in [1.807, 2.05) is 6.92 Å². The van der Waals surface area contributed by atoms with Crippen molar-refractivity contribution < 1.29 is 22.7 Å². The Morgan fingerprint density at radius 3 is 2.81 bits per heavy atom. The second-order valence-corrected chi connectivity index (χ2v) is 4.80. The summed E-state index contributed by atoms with van der Waals surface area (Å²) in [6, 6.07) is 4.67. The number of nitrogens with one attached hydrogen (secondary N) is 2. The topological polar surface area (TPSA) is 50.4 Å². The highest BCUT2D eigenvalue weighted by Gasteiger charge is 2.30. The van der Waals surface area contributed by atoms with Crippen molar-refractivity contribution >= 4 is 11.6 Å². The van der Waals surface area contributed by atoms with Crippen molar-refractivity contribution in [3.05, 3.63) is 23.8 Å². The summed E-state index contributed by atoms with van der Waals surface area (Å²) in [6.07, 6.45) is -5.11. The first-order valence-corrected chi connectivity index (χ1v) is 6.78. The van der Waals surface area contributed by atoms with Crippen LogP contribution in [0.5, 0.6) is 5.75 Å². The number of carbonyl (C=O) groups excluding carboxylic acids is 1. The molecule has 1 aliphatic heterocycles. The van der Waals surface area contributed by atoms with E-state index in [-0.39, 0.29) is 25.0 Å². The number of fused-ring (bicyclic) bond motifs is 1. The quantitative estimate of drug-likeness (QED) is 0.794. The van der Waals surface area contributed by atoms with Crippen LogP contribution in [-0.2, 0) is 4.79 Å². The fourth-order valence-electron chi connectivity index (χ4n) is 2.20. The lowest BCUT2D eigenvalue weighted by atomic mass is 10.1. The van der Waals surface area contributed by atoms with Crippen LogP contribution in [0.3, 0.4) is 0 Å². The van der Waals surface area contributed by atoms with E-state index in [1.54, 1.807) is 18.2 Å². The van der Waals surface area contributed by atoms with Crippen molar-refractivity contribution in [1.29, 1.82) is 0 Å². The zero-order chi connectivity index (χ0) is 15.5. The third-order valence-electron chi connectivity index (χ3n) is 3.14. The smallest absolute Gasteiger partial charge is 0.389 e. The van der Waals surface area contributed by atoms with E-state index in [4.69, 9.17) is 4.74 Å². The summed E-state index contributed by atoms with van der Waals surface area (Å²) < 4.78 is 41.3. The van der Waals surface area contributed by atoms with Crippen LogP contribution < -0.4 is 15.4 Å². The third kappa shape index (κ3) is 4.10. The maximum atomic E-state index is 12.0. The van der Waals surface area contributed by atoms with E-state index >= 15 is 0 Å². The Kier molecular flexibility index (Phi) is 4.72. The van der Waals surface area contributed by atoms with Gasteiger partial charge < -0.3 is 15.4 Å². The fraction of sp³-hybridized carbons (Fsp3) is 0.500. The number of halogens is 3. The predicted octanol–water partition coefficient (Wildman–Crippen LogP) is 3.01. The van der Waals surface area contributed by atoms with Crippen molar-refractivity contribution in [2.24, 2.45) is 0 Å². The molecule has 0 aliphatic carbocycles. The van der Waals surface area contributed by atoms with Crippen LogP contribution in [0.1, 0.15) is 31.4 Å². The highest BCUT2D eigenvalue weighted by atomic mass is 19.4. The second kappa shape index (κ2) is 6.34. The molecule has 2 rings (SSSR count). The maximum absolute atomic E-state index is 12.0. The molecule has 1 aromatic rings. The molecule has 1 atom stereocenters. The van der Waals surface area contributed by atoms with Crippen LogP contribution in [0.4, 0.5) is 18.9 Å². The Bertz CT molecular complexity index is 517. The minimum absolute atomic E-state index is 0.0110. The highest BCUT2D eigenvalue weighted by Crippen LogP contribution is 2.33. The molecule has 0 aromatic heterocycles. The monoisotopic (exact) mass is 302 g/mol. The number of benzene rings is 1. The summed E-state index contributed by atoms with van der Waals surface area (Å²) in [6.45, 7) is 2.56. The average molecular weight is 302 g/mol. The summed E-state index contributed by atoms with van der Waals surface area (Å²) in [5, 5.41) is 5.79. The van der Waals surface area contributed by atoms with Crippen LogP contribution in [0.15, 0.2) is 18.2 Å². The third-order valence-corrected chi connectivity index (χ3v) is 3.14. The van der Waals surface area contributed by atoms with Crippen molar-refractivity contribution in [1.82, 2.24) is 5.32 Å². The van der Waals surface area contributed by atoms with Crippen LogP contribution in [0.25, 0.3) is 0 Å². The van der Waals surface area contributed by atoms with Gasteiger partial charge in [-0.1, -0.05) is 13.0 Å². The van der Waals surface area contributed by atoms with Gasteiger partial charge in [-0.3, -0.25) is 4.79 Å². The van der Waals surface area contributed by atoms with E-state index in [9.17, 15) is 18.0 Å². The van der Waals surface area contributed by atoms with Gasteiger partial charge in [-0.05, 0) is 19.0 Å². The number of rotatable bonds is 6. The van der Waals surface area contributed by atoms with E-state index in [0.717, 1.165) is 5.56 Å². The number of ether oxygens (including phenoxy) is 1. The second-order valence-electron chi connectivity index (χ2n) is 4.80. The first kappa shape index (κ1) is 15.6. The molecule has 0 saturated carbocycles. The number of carbonyl (C=O) groups is 1. The number of hydrogen-bond acceptors (Lipinski definition) is 3. The molecule has 0 saturated heterocycles. The first-order chi connectivity index (χ1) is 9.90. The largest absolute Gasteiger partial charge is 0.494 e. The summed E-state index contributed by atoms with van der Waals surface area (Å²) in [7, 11) is 0. The summed E-state index contributed by atoms with van der Waals surface area (Å²) in [5.74, 6) is 0.314. The molecular weight excluding hydrogens is 285 g/mol. The van der Waals surface area contributed by atoms with Gasteiger partial charge in [0.2, 0.25) is 5.91 Å². The van der Waals surface area contributed by atoms with Crippen LogP contribution in [0.2, 0.25) is 0 Å². The molecule has 1 unspecified atom stereocenters. The molecule has 2 N–H and O–H groups in total. The molecule has 0 fully saturated rings. The van der Waals surface area contributed by atoms with E-state index in [1.165, 1.54) is 0 Å². The molecule has 1 aromatic carbocycles. The molecule has 1 aliphatic rings. The lowest BCUT2D eigenvalue weighted by Gasteiger charge is -2.11. The Morgan fingerprint density at radius 2 is 2.14 bits per heavy atom. The minimum atomic E-state index is -4.16. The summed E-state index contributed by atoms with van der Waals surface area (Å²) >= 11 is 0. The zero-order valence-corrected chi connectivity index (χ0v) is 11.6. The van der Waals surface area contributed by atoms with Gasteiger partial charge in [-0.15, -0.1) is 0 Å². The molecule has 7 heteroatoms. The predicted molar refractivity (Wildman–Crippen MR) is 72.3 cm³/mol. The molecule has 21 heavy (non-hydrogen) atoms. The van der Waals surface area contributed by atoms with Crippen LogP contribution in [0, 0.1) is 0 Å². The molecule has 1 amide bonds. The number of likely N-dealkylation sites (N-methyl/N-ethyl adjacent to an activating group) is 1. The minimum Gasteiger partial charge on any atom is -0.494 e. The molecule has 0 radical (unpaired) electrons. The number of alkyl halides is 3. The van der Waals surface area contributed by atoms with Crippen LogP contribution >= 0.6 is 0 Å². The molecule has 1 heterocycles. The van der Waals surface area contributed by atoms with E-state index in [2.05, 4.69) is 10.6 Å². The Morgan fingerprint density at radius 1 is 1.38 bits per heavy atom. The van der Waals surface area contributed by atoms with Gasteiger partial charge in [0.15, 0.2) is 0 Å². The van der Waals surface area contributed by atoms with Crippen molar-refractivity contribution in [2.75, 3.05) is 18.5 Å². The van der Waals surface area contributed by atoms with Crippen molar-refractivity contribution in [2.45, 2.75) is 32.0 Å². The van der Waals surface area contributed by atoms with Crippen molar-refractivity contribution in [3.63, 3.8) is 0 Å². The standard InChI is InChI=1S/C14H17F3N2O2/c1-2-18-12-10-5-4-9(8-11(10)19-13(12)20)21-7-3-6-14(15,16)17/h4-5,8,12,18H,2-3,6-7H2,1H3,(H,19,20). The first-order valence-electron chi connectivity index (χ1n) is 6.78. The zero-order valence-electron chi connectivity index (χ0n) is 11.6. The van der Waals surface area contributed by atoms with Gasteiger partial charge in [-0.25, -0.2) is 0 Å². The number of amides is 1. The van der Waals surface area contributed by atoms with Crippen LogP contribution in [-0.4, -0.2) is 25.2 Å². The summed E-state index contributed by atoms with van der Waals surface area (Å²) in [5.41, 5.74) is 1.46. The Balaban J connectivity index is 1.93. The maximum Gasteiger partial charge on any atom is 0.389 e. The van der Waals surface area contributed by atoms with E-state index < -0.39 is 12.6 Å². The number of anilines is 1. The van der Waals surface area contributed by atoms with Gasteiger partial charge in [-0.2, -0.15) is 13.2 Å². The average Bonchev–Trinajstić information content (AvgIpc) is 2.70. The molecule has 4 nitrogen and oxygen atoms in total. The Labute approximate surface area is 120 Å². The van der Waals surface area contributed by atoms with Gasteiger partial charge in [0.25, 0.3) is 0 Å². The fourth-order valence-corrected chi connectivity index (χ4v) is 2.20. The molecular formula is C14H17F3N2O2. The normalized spacial score (nSPS) is 17.5. The molecule has 0 spiro atoms. The van der Waals surface area contributed by atoms with Gasteiger partial charge in [0.05, 0.1) is 6.61 Å². The molecule has 116 valence electrons. The van der Waals surface area contributed by atoms with Gasteiger partial charge in [0, 0.05) is 23.7 Å². The SMILES string of the molecule is CCNC1C(=O)Nc2cc(OCCCC(F)(F)F)ccc21. The number of hydrogen-bond donors (Lipinski definition) is 2. The lowest BCUT2D eigenvalue weighted by molar-refractivity contribution is -0.136. The Hall–Kier alpha value is -1.76. The molecule has 0 bridgehead atoms. The van der Waals surface area contributed by atoms with Gasteiger partial charge >= 0.3 is 6.18 Å². The lowest BCUT2D eigenvalue weighted by Crippen LogP contribution is -2.27. The van der Waals surface area contributed by atoms with Crippen molar-refractivity contribution in [3.8, 4) is 5.75 Å². The highest BCUT2D eigenvalue weighted by molar-refractivity contribution is 6.02. The van der Waals surface area contributed by atoms with E-state index in [0.29, 0.717) is 18.0 Å².